The van der Waals surface area contributed by atoms with Crippen molar-refractivity contribution in [3.05, 3.63) is 119 Å². The molecule has 0 radical (unpaired) electrons. The van der Waals surface area contributed by atoms with Gasteiger partial charge in [-0.15, -0.1) is 0 Å². The van der Waals surface area contributed by atoms with E-state index < -0.39 is 12.2 Å². The second-order valence-electron chi connectivity index (χ2n) is 9.33. The van der Waals surface area contributed by atoms with Gasteiger partial charge in [0.05, 0.1) is 20.8 Å². The highest BCUT2D eigenvalue weighted by Crippen LogP contribution is 2.31. The lowest BCUT2D eigenvalue weighted by Crippen LogP contribution is -2.37. The number of amides is 2. The molecule has 41 heavy (non-hydrogen) atoms. The average Bonchev–Trinajstić information content (AvgIpc) is 2.99. The molecule has 0 aromatic heterocycles. The number of ether oxygens (including phenoxy) is 3. The molecule has 0 aliphatic heterocycles. The fourth-order valence-electron chi connectivity index (χ4n) is 4.20. The minimum atomic E-state index is -0.853. The summed E-state index contributed by atoms with van der Waals surface area (Å²) in [5.74, 6) is 1.18. The van der Waals surface area contributed by atoms with E-state index >= 15 is 0 Å². The van der Waals surface area contributed by atoms with E-state index in [1.165, 1.54) is 4.90 Å². The van der Waals surface area contributed by atoms with Crippen LogP contribution in [0.25, 0.3) is 11.6 Å². The minimum absolute atomic E-state index is 0.0889. The van der Waals surface area contributed by atoms with E-state index in [9.17, 15) is 9.59 Å². The number of rotatable bonds is 9. The van der Waals surface area contributed by atoms with Crippen molar-refractivity contribution in [2.24, 2.45) is 0 Å². The SMILES string of the molecule is COc1ccc(C=C(CN(C(=O)OC(=O)NCc2ccccc2)c2cccc(N)c2)c2ccc(C)cc2)cc1OC. The Morgan fingerprint density at radius 2 is 1.59 bits per heavy atom. The van der Waals surface area contributed by atoms with E-state index in [-0.39, 0.29) is 13.1 Å². The van der Waals surface area contributed by atoms with Crippen LogP contribution in [0.2, 0.25) is 0 Å². The van der Waals surface area contributed by atoms with Crippen LogP contribution in [0.1, 0.15) is 22.3 Å². The molecule has 4 aromatic carbocycles. The summed E-state index contributed by atoms with van der Waals surface area (Å²) in [7, 11) is 3.16. The summed E-state index contributed by atoms with van der Waals surface area (Å²) < 4.78 is 16.1. The number of hydrogen-bond acceptors (Lipinski definition) is 6. The van der Waals surface area contributed by atoms with Gasteiger partial charge in [-0.2, -0.15) is 0 Å². The van der Waals surface area contributed by atoms with Gasteiger partial charge in [0, 0.05) is 17.9 Å². The van der Waals surface area contributed by atoms with Gasteiger partial charge in [-0.25, -0.2) is 9.59 Å². The predicted octanol–water partition coefficient (Wildman–Crippen LogP) is 6.69. The van der Waals surface area contributed by atoms with Crippen LogP contribution < -0.4 is 25.4 Å². The molecule has 3 N–H and O–H groups in total. The Kier molecular flexibility index (Phi) is 9.62. The third-order valence-corrected chi connectivity index (χ3v) is 6.36. The van der Waals surface area contributed by atoms with Crippen LogP contribution in [-0.4, -0.2) is 33.0 Å². The van der Waals surface area contributed by atoms with Crippen LogP contribution in [0.5, 0.6) is 11.5 Å². The number of nitrogens with one attached hydrogen (secondary N) is 1. The molecule has 0 aliphatic rings. The van der Waals surface area contributed by atoms with Crippen molar-refractivity contribution >= 4 is 35.2 Å². The average molecular weight is 552 g/mol. The first-order chi connectivity index (χ1) is 19.9. The molecule has 4 rings (SSSR count). The molecule has 8 nitrogen and oxygen atoms in total. The number of hydrogen-bond donors (Lipinski definition) is 2. The number of carbonyl (C=O) groups is 2. The highest BCUT2D eigenvalue weighted by atomic mass is 16.6. The smallest absolute Gasteiger partial charge is 0.423 e. The topological polar surface area (TPSA) is 103 Å². The summed E-state index contributed by atoms with van der Waals surface area (Å²) in [6, 6.07) is 29.8. The quantitative estimate of drug-likeness (QED) is 0.137. The molecular formula is C33H33N3O5. The molecule has 4 aromatic rings. The van der Waals surface area contributed by atoms with E-state index in [1.54, 1.807) is 38.5 Å². The van der Waals surface area contributed by atoms with Gasteiger partial charge in [0.25, 0.3) is 0 Å². The van der Waals surface area contributed by atoms with Crippen molar-refractivity contribution in [2.75, 3.05) is 31.4 Å². The van der Waals surface area contributed by atoms with Gasteiger partial charge < -0.3 is 25.3 Å². The molecule has 0 bridgehead atoms. The number of methoxy groups -OCH3 is 2. The summed E-state index contributed by atoms with van der Waals surface area (Å²) in [5, 5.41) is 2.63. The van der Waals surface area contributed by atoms with Crippen molar-refractivity contribution in [3.8, 4) is 11.5 Å². The largest absolute Gasteiger partial charge is 0.493 e. The predicted molar refractivity (Wildman–Crippen MR) is 162 cm³/mol. The Morgan fingerprint density at radius 3 is 2.27 bits per heavy atom. The lowest BCUT2D eigenvalue weighted by atomic mass is 10.0. The summed E-state index contributed by atoms with van der Waals surface area (Å²) >= 11 is 0. The van der Waals surface area contributed by atoms with Crippen molar-refractivity contribution in [2.45, 2.75) is 13.5 Å². The highest BCUT2D eigenvalue weighted by molar-refractivity contribution is 5.98. The van der Waals surface area contributed by atoms with Gasteiger partial charge in [0.2, 0.25) is 0 Å². The number of anilines is 2. The third kappa shape index (κ3) is 7.89. The van der Waals surface area contributed by atoms with Crippen LogP contribution >= 0.6 is 0 Å². The number of benzene rings is 4. The van der Waals surface area contributed by atoms with E-state index in [1.807, 2.05) is 85.8 Å². The number of nitrogens with zero attached hydrogens (tertiary/aromatic N) is 1. The van der Waals surface area contributed by atoms with Crippen LogP contribution in [0, 0.1) is 6.92 Å². The van der Waals surface area contributed by atoms with Gasteiger partial charge in [0.1, 0.15) is 0 Å². The molecule has 0 saturated carbocycles. The standard InChI is InChI=1S/C33H33N3O5/c1-23-12-15-26(16-13-23)27(18-25-14-17-30(39-2)31(19-25)40-3)22-36(29-11-7-10-28(34)20-29)33(38)41-32(37)35-21-24-8-5-4-6-9-24/h4-20H,21-22,34H2,1-3H3,(H,35,37). The van der Waals surface area contributed by atoms with Gasteiger partial charge in [-0.1, -0.05) is 72.3 Å². The van der Waals surface area contributed by atoms with E-state index in [4.69, 9.17) is 19.9 Å². The Balaban J connectivity index is 1.67. The normalized spacial score (nSPS) is 11.0. The number of nitrogens with two attached hydrogens (primary N) is 1. The minimum Gasteiger partial charge on any atom is -0.493 e. The van der Waals surface area contributed by atoms with Crippen molar-refractivity contribution < 1.29 is 23.8 Å². The van der Waals surface area contributed by atoms with E-state index in [0.29, 0.717) is 22.9 Å². The summed E-state index contributed by atoms with van der Waals surface area (Å²) in [4.78, 5) is 27.5. The molecule has 0 unspecified atom stereocenters. The second-order valence-corrected chi connectivity index (χ2v) is 9.33. The zero-order valence-corrected chi connectivity index (χ0v) is 23.3. The Labute approximate surface area is 240 Å². The molecular weight excluding hydrogens is 518 g/mol. The monoisotopic (exact) mass is 551 g/mol. The number of nitrogen functional groups attached to an aromatic ring is 1. The molecule has 2 amide bonds. The maximum Gasteiger partial charge on any atom is 0.423 e. The molecule has 0 saturated heterocycles. The number of aryl methyl sites for hydroxylation is 1. The maximum absolute atomic E-state index is 13.5. The first kappa shape index (κ1) is 28.8. The lowest BCUT2D eigenvalue weighted by molar-refractivity contribution is 0.155. The first-order valence-electron chi connectivity index (χ1n) is 13.0. The van der Waals surface area contributed by atoms with Gasteiger partial charge >= 0.3 is 12.2 Å². The van der Waals surface area contributed by atoms with Crippen molar-refractivity contribution in [1.82, 2.24) is 5.32 Å². The molecule has 8 heteroatoms. The fourth-order valence-corrected chi connectivity index (χ4v) is 4.20. The lowest BCUT2D eigenvalue weighted by Gasteiger charge is -2.24. The maximum atomic E-state index is 13.5. The molecule has 0 atom stereocenters. The molecule has 0 heterocycles. The zero-order valence-electron chi connectivity index (χ0n) is 23.3. The van der Waals surface area contributed by atoms with E-state index in [2.05, 4.69) is 5.32 Å². The highest BCUT2D eigenvalue weighted by Gasteiger charge is 2.23. The Hall–Kier alpha value is -5.24. The number of alkyl carbamates (subject to hydrolysis) is 1. The summed E-state index contributed by atoms with van der Waals surface area (Å²) in [6.07, 6.45) is 0.259. The first-order valence-corrected chi connectivity index (χ1v) is 13.0. The Bertz CT molecular complexity index is 1520. The van der Waals surface area contributed by atoms with Gasteiger partial charge in [-0.3, -0.25) is 4.90 Å². The van der Waals surface area contributed by atoms with Gasteiger partial charge in [0.15, 0.2) is 11.5 Å². The van der Waals surface area contributed by atoms with Crippen LogP contribution in [0.15, 0.2) is 97.1 Å². The van der Waals surface area contributed by atoms with Crippen LogP contribution in [0.4, 0.5) is 21.0 Å². The number of carbonyl (C=O) groups excluding carboxylic acids is 2. The van der Waals surface area contributed by atoms with Crippen molar-refractivity contribution in [1.29, 1.82) is 0 Å². The van der Waals surface area contributed by atoms with Gasteiger partial charge in [-0.05, 0) is 65.6 Å². The molecule has 0 aliphatic carbocycles. The van der Waals surface area contributed by atoms with E-state index in [0.717, 1.165) is 27.8 Å². The zero-order chi connectivity index (χ0) is 29.2. The molecule has 210 valence electrons. The van der Waals surface area contributed by atoms with Crippen molar-refractivity contribution in [3.63, 3.8) is 0 Å². The molecule has 0 spiro atoms. The molecule has 0 fully saturated rings. The third-order valence-electron chi connectivity index (χ3n) is 6.36. The fraction of sp³-hybridized carbons (Fsp3) is 0.152. The van der Waals surface area contributed by atoms with Crippen LogP contribution in [0.3, 0.4) is 0 Å². The summed E-state index contributed by atoms with van der Waals surface area (Å²) in [6.45, 7) is 2.32. The van der Waals surface area contributed by atoms with Crippen LogP contribution in [-0.2, 0) is 11.3 Å². The second kappa shape index (κ2) is 13.7. The summed E-state index contributed by atoms with van der Waals surface area (Å²) in [5.41, 5.74) is 11.5. The Morgan fingerprint density at radius 1 is 0.854 bits per heavy atom.